The minimum absolute atomic E-state index is 0.00171. The fourth-order valence-corrected chi connectivity index (χ4v) is 11.7. The minimum atomic E-state index is -4.60. The number of phosphoric ester groups is 1. The summed E-state index contributed by atoms with van der Waals surface area (Å²) in [6.07, 6.45) is 84.3. The first-order valence-corrected chi connectivity index (χ1v) is 37.3. The number of carbonyl (C=O) groups is 1. The van der Waals surface area contributed by atoms with Crippen molar-refractivity contribution in [2.24, 2.45) is 0 Å². The molecule has 0 fully saturated rings. The van der Waals surface area contributed by atoms with Gasteiger partial charge in [0.25, 0.3) is 7.82 Å². The lowest BCUT2D eigenvalue weighted by atomic mass is 10.0. The lowest BCUT2D eigenvalue weighted by molar-refractivity contribution is -0.870. The summed E-state index contributed by atoms with van der Waals surface area (Å²) < 4.78 is 23.4. The van der Waals surface area contributed by atoms with Crippen LogP contribution in [0.25, 0.3) is 0 Å². The lowest BCUT2D eigenvalue weighted by Crippen LogP contribution is -2.45. The molecule has 0 saturated heterocycles. The number of allylic oxidation sites excluding steroid dienone is 5. The van der Waals surface area contributed by atoms with Gasteiger partial charge in [0.15, 0.2) is 0 Å². The third-order valence-electron chi connectivity index (χ3n) is 16.6. The summed E-state index contributed by atoms with van der Waals surface area (Å²) in [7, 11) is 1.28. The molecule has 0 aliphatic carbocycles. The second-order valence-electron chi connectivity index (χ2n) is 25.9. The van der Waals surface area contributed by atoms with E-state index in [0.29, 0.717) is 17.4 Å². The van der Waals surface area contributed by atoms with Gasteiger partial charge in [-0.25, -0.2) is 0 Å². The van der Waals surface area contributed by atoms with Crippen LogP contribution in [0.4, 0.5) is 0 Å². The van der Waals surface area contributed by atoms with E-state index in [2.05, 4.69) is 43.5 Å². The third kappa shape index (κ3) is 66.1. The molecule has 0 rings (SSSR count). The van der Waals surface area contributed by atoms with Crippen molar-refractivity contribution in [3.63, 3.8) is 0 Å². The molecule has 3 atom stereocenters. The molecule has 0 spiro atoms. The van der Waals surface area contributed by atoms with Crippen LogP contribution in [-0.4, -0.2) is 68.5 Å². The van der Waals surface area contributed by atoms with Crippen LogP contribution >= 0.6 is 7.82 Å². The predicted octanol–water partition coefficient (Wildman–Crippen LogP) is 22.2. The first kappa shape index (κ1) is 79.7. The van der Waals surface area contributed by atoms with Crippen molar-refractivity contribution < 1.29 is 32.9 Å². The normalized spacial score (nSPS) is 13.8. The van der Waals surface area contributed by atoms with Crippen LogP contribution in [0.1, 0.15) is 367 Å². The van der Waals surface area contributed by atoms with Crippen LogP contribution in [0, 0.1) is 0 Å². The van der Waals surface area contributed by atoms with Gasteiger partial charge in [0.2, 0.25) is 5.91 Å². The second kappa shape index (κ2) is 63.2. The fourth-order valence-electron chi connectivity index (χ4n) is 11.0. The number of quaternary nitrogens is 1. The number of unbranched alkanes of at least 4 members (excludes halogenated alkanes) is 50. The van der Waals surface area contributed by atoms with Crippen molar-refractivity contribution in [2.75, 3.05) is 40.9 Å². The van der Waals surface area contributed by atoms with Gasteiger partial charge in [-0.05, 0) is 51.4 Å². The molecule has 0 bridgehead atoms. The average molecular weight is 1160 g/mol. The fraction of sp³-hybridized carbons (Fsp3) is 0.903. The van der Waals surface area contributed by atoms with Gasteiger partial charge in [0.05, 0.1) is 39.9 Å². The van der Waals surface area contributed by atoms with E-state index in [-0.39, 0.29) is 19.1 Å². The van der Waals surface area contributed by atoms with Crippen LogP contribution in [0.3, 0.4) is 0 Å². The molecule has 0 radical (unpaired) electrons. The van der Waals surface area contributed by atoms with Gasteiger partial charge in [0, 0.05) is 6.42 Å². The third-order valence-corrected chi connectivity index (χ3v) is 17.6. The molecule has 0 aliphatic heterocycles. The summed E-state index contributed by atoms with van der Waals surface area (Å²) in [4.78, 5) is 25.6. The summed E-state index contributed by atoms with van der Waals surface area (Å²) in [5.74, 6) is -0.189. The van der Waals surface area contributed by atoms with Gasteiger partial charge < -0.3 is 28.8 Å². The van der Waals surface area contributed by atoms with E-state index >= 15 is 0 Å². The lowest BCUT2D eigenvalue weighted by Gasteiger charge is -2.29. The number of hydrogen-bond donors (Lipinski definition) is 2. The molecule has 3 unspecified atom stereocenters. The number of likely N-dealkylation sites (N-methyl/N-ethyl adjacent to an activating group) is 1. The Balaban J connectivity index is 3.87. The molecule has 0 heterocycles. The van der Waals surface area contributed by atoms with Crippen molar-refractivity contribution in [3.8, 4) is 0 Å². The molecular formula is C72H141N2O6P. The summed E-state index contributed by atoms with van der Waals surface area (Å²) in [5, 5.41) is 13.9. The maximum Gasteiger partial charge on any atom is 0.268 e. The molecule has 0 aliphatic rings. The Morgan fingerprint density at radius 3 is 1.02 bits per heavy atom. The number of aliphatic hydroxyl groups excluding tert-OH is 1. The molecule has 0 aromatic carbocycles. The molecule has 0 aromatic heterocycles. The highest BCUT2D eigenvalue weighted by atomic mass is 31.2. The minimum Gasteiger partial charge on any atom is -0.756 e. The van der Waals surface area contributed by atoms with Gasteiger partial charge in [-0.2, -0.15) is 0 Å². The predicted molar refractivity (Wildman–Crippen MR) is 353 cm³/mol. The molecule has 81 heavy (non-hydrogen) atoms. The molecule has 9 heteroatoms. The van der Waals surface area contributed by atoms with Gasteiger partial charge in [-0.15, -0.1) is 0 Å². The molecule has 1 amide bonds. The molecular weight excluding hydrogens is 1020 g/mol. The first-order chi connectivity index (χ1) is 39.5. The van der Waals surface area contributed by atoms with E-state index < -0.39 is 20.0 Å². The average Bonchev–Trinajstić information content (AvgIpc) is 3.43. The maximum absolute atomic E-state index is 13.0. The van der Waals surface area contributed by atoms with Crippen molar-refractivity contribution in [3.05, 3.63) is 36.5 Å². The zero-order valence-electron chi connectivity index (χ0n) is 55.0. The highest BCUT2D eigenvalue weighted by molar-refractivity contribution is 7.45. The highest BCUT2D eigenvalue weighted by Crippen LogP contribution is 2.38. The molecule has 8 nitrogen and oxygen atoms in total. The number of nitrogens with zero attached hydrogens (tertiary/aromatic N) is 1. The zero-order chi connectivity index (χ0) is 59.1. The first-order valence-electron chi connectivity index (χ1n) is 35.9. The SMILES string of the molecule is CCCCCCC/C=C\C/C=C\CCCCCCCCCCCCCCCCCCCCCCCCCCCCCCCC(=O)NC(COP(=O)([O-])OCC[N+](C)(C)C)C(O)/C=C/CCCCCCCCCCCCCCCCCC. The van der Waals surface area contributed by atoms with E-state index in [4.69, 9.17) is 9.05 Å². The summed E-state index contributed by atoms with van der Waals surface area (Å²) in [6.45, 7) is 4.69. The smallest absolute Gasteiger partial charge is 0.268 e. The molecule has 0 saturated carbocycles. The van der Waals surface area contributed by atoms with Crippen molar-refractivity contribution in [1.29, 1.82) is 0 Å². The highest BCUT2D eigenvalue weighted by Gasteiger charge is 2.23. The van der Waals surface area contributed by atoms with Crippen molar-refractivity contribution in [2.45, 2.75) is 379 Å². The largest absolute Gasteiger partial charge is 0.756 e. The van der Waals surface area contributed by atoms with Crippen LogP contribution < -0.4 is 10.2 Å². The monoisotopic (exact) mass is 1160 g/mol. The quantitative estimate of drug-likeness (QED) is 0.0272. The van der Waals surface area contributed by atoms with Crippen LogP contribution in [0.5, 0.6) is 0 Å². The Labute approximate surface area is 506 Å². The second-order valence-corrected chi connectivity index (χ2v) is 27.4. The summed E-state index contributed by atoms with van der Waals surface area (Å²) in [5.41, 5.74) is 0. The molecule has 2 N–H and O–H groups in total. The Morgan fingerprint density at radius 1 is 0.432 bits per heavy atom. The summed E-state index contributed by atoms with van der Waals surface area (Å²) in [6, 6.07) is -0.884. The topological polar surface area (TPSA) is 108 Å². The maximum atomic E-state index is 13.0. The Bertz CT molecular complexity index is 1410. The van der Waals surface area contributed by atoms with Gasteiger partial charge in [-0.3, -0.25) is 9.36 Å². The van der Waals surface area contributed by atoms with E-state index in [9.17, 15) is 19.4 Å². The number of rotatable bonds is 67. The van der Waals surface area contributed by atoms with Gasteiger partial charge in [0.1, 0.15) is 13.2 Å². The number of amides is 1. The van der Waals surface area contributed by atoms with Crippen LogP contribution in [-0.2, 0) is 18.4 Å². The van der Waals surface area contributed by atoms with Crippen LogP contribution in [0.2, 0.25) is 0 Å². The Hall–Kier alpha value is -1.28. The number of hydrogen-bond acceptors (Lipinski definition) is 6. The van der Waals surface area contributed by atoms with Crippen molar-refractivity contribution in [1.82, 2.24) is 5.32 Å². The van der Waals surface area contributed by atoms with E-state index in [1.54, 1.807) is 6.08 Å². The van der Waals surface area contributed by atoms with E-state index in [0.717, 1.165) is 44.9 Å². The number of nitrogens with one attached hydrogen (secondary N) is 1. The summed E-state index contributed by atoms with van der Waals surface area (Å²) >= 11 is 0. The standard InChI is InChI=1S/C72H141N2O6P/c1-6-8-10-12-14-16-18-20-22-24-26-27-28-29-30-31-32-33-34-35-36-37-38-39-40-41-42-43-44-45-46-47-48-50-52-54-56-58-60-62-64-66-72(76)73-70(69-80-81(77,78)79-68-67-74(3,4)5)71(75)65-63-61-59-57-55-53-51-49-25-23-21-19-17-15-13-11-9-7-2/h18,20,24,26,63,65,70-71,75H,6-17,19,21-23,25,27-62,64,66-69H2,1-5H3,(H-,73,76,77,78)/b20-18-,26-24-,65-63+. The van der Waals surface area contributed by atoms with Gasteiger partial charge >= 0.3 is 0 Å². The molecule has 480 valence electrons. The number of phosphoric acid groups is 1. The van der Waals surface area contributed by atoms with Crippen LogP contribution in [0.15, 0.2) is 36.5 Å². The van der Waals surface area contributed by atoms with E-state index in [1.807, 2.05) is 27.2 Å². The van der Waals surface area contributed by atoms with Crippen molar-refractivity contribution >= 4 is 13.7 Å². The number of carbonyl (C=O) groups excluding carboxylic acids is 1. The van der Waals surface area contributed by atoms with Gasteiger partial charge in [-0.1, -0.05) is 346 Å². The Kier molecular flexibility index (Phi) is 62.2. The zero-order valence-corrected chi connectivity index (χ0v) is 55.9. The Morgan fingerprint density at radius 2 is 0.716 bits per heavy atom. The molecule has 0 aromatic rings. The number of aliphatic hydroxyl groups is 1. The van der Waals surface area contributed by atoms with E-state index in [1.165, 1.54) is 302 Å².